The molecule has 2 N–H and O–H groups in total. The van der Waals surface area contributed by atoms with Gasteiger partial charge in [-0.25, -0.2) is 13.8 Å². The van der Waals surface area contributed by atoms with Gasteiger partial charge in [0.2, 0.25) is 0 Å². The number of rotatable bonds is 1. The monoisotopic (exact) mass is 259 g/mol. The molecule has 3 nitrogen and oxygen atoms in total. The Balaban J connectivity index is 2.28. The van der Waals surface area contributed by atoms with Crippen LogP contribution in [-0.2, 0) is 7.05 Å². The molecule has 0 aliphatic carbocycles. The van der Waals surface area contributed by atoms with Gasteiger partial charge in [0.05, 0.1) is 11.0 Å². The van der Waals surface area contributed by atoms with Gasteiger partial charge < -0.3 is 10.3 Å². The van der Waals surface area contributed by atoms with Crippen LogP contribution in [0.2, 0.25) is 0 Å². The minimum absolute atomic E-state index is 0.305. The SMILES string of the molecule is Cn1c(-c2ccc(F)cc2N)nc2ccc(F)cc21. The van der Waals surface area contributed by atoms with Crippen molar-refractivity contribution in [3.05, 3.63) is 48.0 Å². The summed E-state index contributed by atoms with van der Waals surface area (Å²) in [6, 6.07) is 8.51. The lowest BCUT2D eigenvalue weighted by atomic mass is 10.1. The fourth-order valence-electron chi connectivity index (χ4n) is 2.14. The first-order chi connectivity index (χ1) is 9.06. The summed E-state index contributed by atoms with van der Waals surface area (Å²) in [5.74, 6) is -0.140. The molecule has 0 saturated heterocycles. The Morgan fingerprint density at radius 3 is 2.47 bits per heavy atom. The van der Waals surface area contributed by atoms with Crippen LogP contribution in [0.4, 0.5) is 14.5 Å². The van der Waals surface area contributed by atoms with Crippen LogP contribution in [0.1, 0.15) is 0 Å². The normalized spacial score (nSPS) is 11.1. The van der Waals surface area contributed by atoms with Gasteiger partial charge in [-0.05, 0) is 36.4 Å². The molecule has 19 heavy (non-hydrogen) atoms. The molecular formula is C14H11F2N3. The first kappa shape index (κ1) is 11.6. The number of benzene rings is 2. The summed E-state index contributed by atoms with van der Waals surface area (Å²) in [6.07, 6.45) is 0. The van der Waals surface area contributed by atoms with E-state index in [9.17, 15) is 8.78 Å². The third-order valence-corrected chi connectivity index (χ3v) is 3.10. The number of nitrogens with zero attached hydrogens (tertiary/aromatic N) is 2. The Labute approximate surface area is 108 Å². The lowest BCUT2D eigenvalue weighted by Gasteiger charge is -2.05. The first-order valence-electron chi connectivity index (χ1n) is 5.73. The van der Waals surface area contributed by atoms with Crippen LogP contribution in [0.3, 0.4) is 0 Å². The van der Waals surface area contributed by atoms with Crippen molar-refractivity contribution >= 4 is 16.7 Å². The van der Waals surface area contributed by atoms with Gasteiger partial charge in [-0.1, -0.05) is 0 Å². The summed E-state index contributed by atoms with van der Waals surface area (Å²) in [5.41, 5.74) is 8.07. The molecule has 96 valence electrons. The van der Waals surface area contributed by atoms with Crippen molar-refractivity contribution in [1.29, 1.82) is 0 Å². The molecular weight excluding hydrogens is 248 g/mol. The van der Waals surface area contributed by atoms with Crippen molar-refractivity contribution in [1.82, 2.24) is 9.55 Å². The number of imidazole rings is 1. The average Bonchev–Trinajstić information content (AvgIpc) is 2.67. The Bertz CT molecular complexity index is 778. The highest BCUT2D eigenvalue weighted by Gasteiger charge is 2.13. The maximum atomic E-state index is 13.2. The van der Waals surface area contributed by atoms with E-state index < -0.39 is 5.82 Å². The maximum Gasteiger partial charge on any atom is 0.142 e. The van der Waals surface area contributed by atoms with E-state index in [1.54, 1.807) is 23.7 Å². The molecule has 0 aliphatic rings. The zero-order valence-corrected chi connectivity index (χ0v) is 10.2. The zero-order valence-electron chi connectivity index (χ0n) is 10.2. The van der Waals surface area contributed by atoms with Crippen LogP contribution >= 0.6 is 0 Å². The summed E-state index contributed by atoms with van der Waals surface area (Å²) in [4.78, 5) is 4.41. The van der Waals surface area contributed by atoms with E-state index in [0.29, 0.717) is 28.1 Å². The summed E-state index contributed by atoms with van der Waals surface area (Å²) in [6.45, 7) is 0. The van der Waals surface area contributed by atoms with Crippen molar-refractivity contribution in [2.24, 2.45) is 7.05 Å². The molecule has 0 spiro atoms. The van der Waals surface area contributed by atoms with Crippen LogP contribution in [0.5, 0.6) is 0 Å². The van der Waals surface area contributed by atoms with Crippen LogP contribution in [0, 0.1) is 11.6 Å². The van der Waals surface area contributed by atoms with Crippen molar-refractivity contribution < 1.29 is 8.78 Å². The third-order valence-electron chi connectivity index (χ3n) is 3.10. The van der Waals surface area contributed by atoms with Crippen molar-refractivity contribution in [2.45, 2.75) is 0 Å². The summed E-state index contributed by atoms with van der Waals surface area (Å²) in [5, 5.41) is 0. The van der Waals surface area contributed by atoms with Crippen LogP contribution < -0.4 is 5.73 Å². The number of anilines is 1. The van der Waals surface area contributed by atoms with E-state index in [2.05, 4.69) is 4.98 Å². The highest BCUT2D eigenvalue weighted by molar-refractivity contribution is 5.83. The average molecular weight is 259 g/mol. The molecule has 1 heterocycles. The Morgan fingerprint density at radius 2 is 1.74 bits per heavy atom. The van der Waals surface area contributed by atoms with E-state index in [-0.39, 0.29) is 5.82 Å². The first-order valence-corrected chi connectivity index (χ1v) is 5.73. The molecule has 2 aromatic carbocycles. The number of hydrogen-bond donors (Lipinski definition) is 1. The van der Waals surface area contributed by atoms with E-state index >= 15 is 0 Å². The molecule has 3 aromatic rings. The van der Waals surface area contributed by atoms with Crippen LogP contribution in [0.25, 0.3) is 22.4 Å². The Hall–Kier alpha value is -2.43. The zero-order chi connectivity index (χ0) is 13.6. The molecule has 0 bridgehead atoms. The third kappa shape index (κ3) is 1.83. The summed E-state index contributed by atoms with van der Waals surface area (Å²) in [7, 11) is 1.77. The van der Waals surface area contributed by atoms with Gasteiger partial charge in [0.15, 0.2) is 0 Å². The predicted molar refractivity (Wildman–Crippen MR) is 70.5 cm³/mol. The van der Waals surface area contributed by atoms with Gasteiger partial charge in [0.1, 0.15) is 17.5 Å². The number of hydrogen-bond acceptors (Lipinski definition) is 2. The lowest BCUT2D eigenvalue weighted by molar-refractivity contribution is 0.628. The second-order valence-electron chi connectivity index (χ2n) is 4.36. The smallest absolute Gasteiger partial charge is 0.142 e. The molecule has 0 fully saturated rings. The van der Waals surface area contributed by atoms with Gasteiger partial charge in [-0.15, -0.1) is 0 Å². The largest absolute Gasteiger partial charge is 0.398 e. The predicted octanol–water partition coefficient (Wildman–Crippen LogP) is 3.10. The van der Waals surface area contributed by atoms with Crippen LogP contribution in [-0.4, -0.2) is 9.55 Å². The van der Waals surface area contributed by atoms with Crippen molar-refractivity contribution in [3.8, 4) is 11.4 Å². The van der Waals surface area contributed by atoms with Crippen molar-refractivity contribution in [3.63, 3.8) is 0 Å². The fourth-order valence-corrected chi connectivity index (χ4v) is 2.14. The van der Waals surface area contributed by atoms with E-state index in [1.165, 1.54) is 24.3 Å². The molecule has 0 radical (unpaired) electrons. The molecule has 3 rings (SSSR count). The van der Waals surface area contributed by atoms with Crippen molar-refractivity contribution in [2.75, 3.05) is 5.73 Å². The quantitative estimate of drug-likeness (QED) is 0.682. The van der Waals surface area contributed by atoms with E-state index in [0.717, 1.165) is 0 Å². The summed E-state index contributed by atoms with van der Waals surface area (Å²) >= 11 is 0. The lowest BCUT2D eigenvalue weighted by Crippen LogP contribution is -1.97. The fraction of sp³-hybridized carbons (Fsp3) is 0.0714. The van der Waals surface area contributed by atoms with Gasteiger partial charge >= 0.3 is 0 Å². The number of aryl methyl sites for hydroxylation is 1. The molecule has 0 unspecified atom stereocenters. The highest BCUT2D eigenvalue weighted by Crippen LogP contribution is 2.28. The number of fused-ring (bicyclic) bond motifs is 1. The number of aromatic nitrogens is 2. The topological polar surface area (TPSA) is 43.8 Å². The van der Waals surface area contributed by atoms with Gasteiger partial charge in [-0.3, -0.25) is 0 Å². The molecule has 0 atom stereocenters. The van der Waals surface area contributed by atoms with E-state index in [1.807, 2.05) is 0 Å². The maximum absolute atomic E-state index is 13.2. The number of halogens is 2. The highest BCUT2D eigenvalue weighted by atomic mass is 19.1. The number of nitrogens with two attached hydrogens (primary N) is 1. The second kappa shape index (κ2) is 4.05. The molecule has 5 heteroatoms. The molecule has 0 saturated carbocycles. The molecule has 0 aliphatic heterocycles. The minimum Gasteiger partial charge on any atom is -0.398 e. The molecule has 1 aromatic heterocycles. The second-order valence-corrected chi connectivity index (χ2v) is 4.36. The number of nitrogen functional groups attached to an aromatic ring is 1. The standard InChI is InChI=1S/C14H11F2N3/c1-19-13-7-9(16)3-5-12(13)18-14(19)10-4-2-8(15)6-11(10)17/h2-7H,17H2,1H3. The Kier molecular flexibility index (Phi) is 2.48. The molecule has 0 amide bonds. The minimum atomic E-state index is -0.397. The van der Waals surface area contributed by atoms with Gasteiger partial charge in [-0.2, -0.15) is 0 Å². The Morgan fingerprint density at radius 1 is 1.05 bits per heavy atom. The van der Waals surface area contributed by atoms with E-state index in [4.69, 9.17) is 5.73 Å². The van der Waals surface area contributed by atoms with Crippen LogP contribution in [0.15, 0.2) is 36.4 Å². The van der Waals surface area contributed by atoms with Gasteiger partial charge in [0.25, 0.3) is 0 Å². The van der Waals surface area contributed by atoms with Gasteiger partial charge in [0, 0.05) is 18.3 Å². The summed E-state index contributed by atoms with van der Waals surface area (Å²) < 4.78 is 28.0.